The number of halogens is 1. The minimum absolute atomic E-state index is 0.746. The van der Waals surface area contributed by atoms with Crippen molar-refractivity contribution in [2.24, 2.45) is 0 Å². The number of nitrogens with zero attached hydrogens (tertiary/aromatic N) is 2. The second-order valence-electron chi connectivity index (χ2n) is 6.26. The van der Waals surface area contributed by atoms with Gasteiger partial charge in [-0.1, -0.05) is 41.9 Å². The van der Waals surface area contributed by atoms with Crippen LogP contribution < -0.4 is 4.74 Å². The van der Waals surface area contributed by atoms with Crippen molar-refractivity contribution in [2.45, 2.75) is 13.0 Å². The molecule has 1 heterocycles. The zero-order chi connectivity index (χ0) is 16.6. The van der Waals surface area contributed by atoms with Gasteiger partial charge >= 0.3 is 0 Å². The van der Waals surface area contributed by atoms with Crippen LogP contribution in [0.25, 0.3) is 0 Å². The Bertz CT molecular complexity index is 595. The summed E-state index contributed by atoms with van der Waals surface area (Å²) in [5.74, 6) is 0.895. The zero-order valence-electron chi connectivity index (χ0n) is 14.0. The van der Waals surface area contributed by atoms with Crippen LogP contribution in [0, 0.1) is 0 Å². The number of rotatable bonds is 7. The van der Waals surface area contributed by atoms with E-state index in [9.17, 15) is 0 Å². The fourth-order valence-corrected chi connectivity index (χ4v) is 3.15. The van der Waals surface area contributed by atoms with Gasteiger partial charge in [-0.05, 0) is 36.2 Å². The van der Waals surface area contributed by atoms with Gasteiger partial charge in [0, 0.05) is 44.3 Å². The maximum absolute atomic E-state index is 5.87. The van der Waals surface area contributed by atoms with Gasteiger partial charge in [0.15, 0.2) is 0 Å². The van der Waals surface area contributed by atoms with E-state index in [0.29, 0.717) is 0 Å². The molecule has 0 bridgehead atoms. The van der Waals surface area contributed by atoms with E-state index in [1.165, 1.54) is 5.56 Å². The molecule has 24 heavy (non-hydrogen) atoms. The zero-order valence-corrected chi connectivity index (χ0v) is 14.8. The van der Waals surface area contributed by atoms with E-state index in [2.05, 4.69) is 40.1 Å². The van der Waals surface area contributed by atoms with E-state index in [-0.39, 0.29) is 0 Å². The topological polar surface area (TPSA) is 15.7 Å². The number of benzene rings is 2. The first-order chi connectivity index (χ1) is 11.8. The molecular formula is C20H25ClN2O. The lowest BCUT2D eigenvalue weighted by Gasteiger charge is -2.34. The van der Waals surface area contributed by atoms with Gasteiger partial charge in [-0.25, -0.2) is 0 Å². The van der Waals surface area contributed by atoms with Crippen LogP contribution in [-0.4, -0.2) is 49.1 Å². The van der Waals surface area contributed by atoms with Crippen LogP contribution in [0.1, 0.15) is 12.0 Å². The SMILES string of the molecule is Clc1ccc(OCCCN2CCN(Cc3ccccc3)CC2)cc1. The molecule has 0 saturated carbocycles. The van der Waals surface area contributed by atoms with Crippen LogP contribution in [-0.2, 0) is 6.54 Å². The van der Waals surface area contributed by atoms with Crippen molar-refractivity contribution in [2.75, 3.05) is 39.3 Å². The Kier molecular flexibility index (Phi) is 6.53. The molecule has 0 aromatic heterocycles. The van der Waals surface area contributed by atoms with Crippen LogP contribution in [0.3, 0.4) is 0 Å². The molecule has 0 spiro atoms. The van der Waals surface area contributed by atoms with Gasteiger partial charge in [-0.3, -0.25) is 4.90 Å². The standard InChI is InChI=1S/C20H25ClN2O/c21-19-7-9-20(10-8-19)24-16-4-11-22-12-14-23(15-13-22)17-18-5-2-1-3-6-18/h1-3,5-10H,4,11-17H2. The maximum atomic E-state index is 5.87. The fourth-order valence-electron chi connectivity index (χ4n) is 3.02. The average molecular weight is 345 g/mol. The predicted molar refractivity (Wildman–Crippen MR) is 99.7 cm³/mol. The van der Waals surface area contributed by atoms with Crippen LogP contribution in [0.4, 0.5) is 0 Å². The van der Waals surface area contributed by atoms with E-state index in [1.807, 2.05) is 24.3 Å². The third-order valence-electron chi connectivity index (χ3n) is 4.41. The molecule has 0 radical (unpaired) electrons. The summed E-state index contributed by atoms with van der Waals surface area (Å²) < 4.78 is 5.76. The summed E-state index contributed by atoms with van der Waals surface area (Å²) in [7, 11) is 0. The van der Waals surface area contributed by atoms with Gasteiger partial charge in [-0.2, -0.15) is 0 Å². The number of hydrogen-bond donors (Lipinski definition) is 0. The van der Waals surface area contributed by atoms with Gasteiger partial charge in [-0.15, -0.1) is 0 Å². The Labute approximate surface area is 149 Å². The Morgan fingerprint density at radius 1 is 0.833 bits per heavy atom. The molecule has 4 heteroatoms. The van der Waals surface area contributed by atoms with Crippen LogP contribution in [0.5, 0.6) is 5.75 Å². The van der Waals surface area contributed by atoms with Crippen LogP contribution >= 0.6 is 11.6 Å². The minimum Gasteiger partial charge on any atom is -0.494 e. The maximum Gasteiger partial charge on any atom is 0.119 e. The van der Waals surface area contributed by atoms with Crippen molar-refractivity contribution in [3.8, 4) is 5.75 Å². The lowest BCUT2D eigenvalue weighted by molar-refractivity contribution is 0.121. The van der Waals surface area contributed by atoms with E-state index >= 15 is 0 Å². The Morgan fingerprint density at radius 3 is 2.21 bits per heavy atom. The quantitative estimate of drug-likeness (QED) is 0.708. The second-order valence-corrected chi connectivity index (χ2v) is 6.70. The highest BCUT2D eigenvalue weighted by Crippen LogP contribution is 2.15. The molecule has 1 aliphatic rings. The predicted octanol–water partition coefficient (Wildman–Crippen LogP) is 3.93. The third kappa shape index (κ3) is 5.52. The largest absolute Gasteiger partial charge is 0.494 e. The van der Waals surface area contributed by atoms with Crippen molar-refractivity contribution in [1.29, 1.82) is 0 Å². The Morgan fingerprint density at radius 2 is 1.50 bits per heavy atom. The molecule has 3 rings (SSSR count). The molecule has 1 fully saturated rings. The van der Waals surface area contributed by atoms with E-state index in [0.717, 1.165) is 63.1 Å². The number of piperazine rings is 1. The summed E-state index contributed by atoms with van der Waals surface area (Å²) in [5.41, 5.74) is 1.40. The van der Waals surface area contributed by atoms with Crippen molar-refractivity contribution in [3.05, 3.63) is 65.2 Å². The molecule has 0 unspecified atom stereocenters. The molecule has 0 amide bonds. The third-order valence-corrected chi connectivity index (χ3v) is 4.67. The molecular weight excluding hydrogens is 320 g/mol. The molecule has 2 aromatic rings. The highest BCUT2D eigenvalue weighted by molar-refractivity contribution is 6.30. The Hall–Kier alpha value is -1.55. The lowest BCUT2D eigenvalue weighted by atomic mass is 10.2. The first kappa shape index (κ1) is 17.3. The number of hydrogen-bond acceptors (Lipinski definition) is 3. The summed E-state index contributed by atoms with van der Waals surface area (Å²) >= 11 is 5.87. The highest BCUT2D eigenvalue weighted by atomic mass is 35.5. The van der Waals surface area contributed by atoms with Crippen LogP contribution in [0.15, 0.2) is 54.6 Å². The van der Waals surface area contributed by atoms with Gasteiger partial charge in [0.25, 0.3) is 0 Å². The van der Waals surface area contributed by atoms with Gasteiger partial charge < -0.3 is 9.64 Å². The molecule has 128 valence electrons. The van der Waals surface area contributed by atoms with Crippen molar-refractivity contribution >= 4 is 11.6 Å². The highest BCUT2D eigenvalue weighted by Gasteiger charge is 2.16. The van der Waals surface area contributed by atoms with Crippen molar-refractivity contribution in [3.63, 3.8) is 0 Å². The smallest absolute Gasteiger partial charge is 0.119 e. The Balaban J connectivity index is 1.30. The van der Waals surface area contributed by atoms with E-state index in [4.69, 9.17) is 16.3 Å². The molecule has 0 atom stereocenters. The molecule has 1 saturated heterocycles. The first-order valence-electron chi connectivity index (χ1n) is 8.66. The summed E-state index contributed by atoms with van der Waals surface area (Å²) in [4.78, 5) is 5.07. The second kappa shape index (κ2) is 9.07. The van der Waals surface area contributed by atoms with Crippen molar-refractivity contribution in [1.82, 2.24) is 9.80 Å². The van der Waals surface area contributed by atoms with Gasteiger partial charge in [0.2, 0.25) is 0 Å². The summed E-state index contributed by atoms with van der Waals surface area (Å²) in [6.45, 7) is 7.51. The fraction of sp³-hybridized carbons (Fsp3) is 0.400. The summed E-state index contributed by atoms with van der Waals surface area (Å²) in [5, 5.41) is 0.746. The van der Waals surface area contributed by atoms with Gasteiger partial charge in [0.05, 0.1) is 6.61 Å². The van der Waals surface area contributed by atoms with E-state index in [1.54, 1.807) is 0 Å². The molecule has 1 aliphatic heterocycles. The average Bonchev–Trinajstić information content (AvgIpc) is 2.62. The monoisotopic (exact) mass is 344 g/mol. The molecule has 0 N–H and O–H groups in total. The lowest BCUT2D eigenvalue weighted by Crippen LogP contribution is -2.46. The number of ether oxygens (including phenoxy) is 1. The molecule has 0 aliphatic carbocycles. The molecule has 3 nitrogen and oxygen atoms in total. The minimum atomic E-state index is 0.746. The van der Waals surface area contributed by atoms with Gasteiger partial charge in [0.1, 0.15) is 5.75 Å². The summed E-state index contributed by atoms with van der Waals surface area (Å²) in [6, 6.07) is 18.3. The first-order valence-corrected chi connectivity index (χ1v) is 9.04. The van der Waals surface area contributed by atoms with Crippen LogP contribution in [0.2, 0.25) is 5.02 Å². The normalized spacial score (nSPS) is 16.2. The molecule has 2 aromatic carbocycles. The van der Waals surface area contributed by atoms with E-state index < -0.39 is 0 Å². The van der Waals surface area contributed by atoms with Crippen molar-refractivity contribution < 1.29 is 4.74 Å². The summed E-state index contributed by atoms with van der Waals surface area (Å²) in [6.07, 6.45) is 1.06.